The van der Waals surface area contributed by atoms with E-state index < -0.39 is 10.0 Å². The number of piperidine rings is 1. The number of hydrogen-bond acceptors (Lipinski definition) is 4. The minimum absolute atomic E-state index is 0.167. The molecular formula is C14H25N3O3S. The zero-order valence-electron chi connectivity index (χ0n) is 12.8. The van der Waals surface area contributed by atoms with Crippen molar-refractivity contribution in [3.63, 3.8) is 0 Å². The zero-order chi connectivity index (χ0) is 15.5. The van der Waals surface area contributed by atoms with Crippen LogP contribution in [0.25, 0.3) is 0 Å². The summed E-state index contributed by atoms with van der Waals surface area (Å²) in [6.45, 7) is 4.22. The Morgan fingerprint density at radius 3 is 2.57 bits per heavy atom. The van der Waals surface area contributed by atoms with Crippen LogP contribution in [0.3, 0.4) is 0 Å². The van der Waals surface area contributed by atoms with Crippen LogP contribution in [0.5, 0.6) is 0 Å². The Hall–Kier alpha value is -0.890. The quantitative estimate of drug-likeness (QED) is 0.854. The number of aromatic nitrogens is 1. The summed E-state index contributed by atoms with van der Waals surface area (Å²) in [5.41, 5.74) is 6.57. The minimum atomic E-state index is -3.42. The molecule has 0 spiro atoms. The highest BCUT2D eigenvalue weighted by Crippen LogP contribution is 2.23. The average Bonchev–Trinajstić information content (AvgIpc) is 2.91. The van der Waals surface area contributed by atoms with Crippen molar-refractivity contribution in [2.75, 3.05) is 20.2 Å². The smallest absolute Gasteiger partial charge is 0.244 e. The van der Waals surface area contributed by atoms with E-state index in [1.807, 2.05) is 4.57 Å². The summed E-state index contributed by atoms with van der Waals surface area (Å²) in [6.07, 6.45) is 4.31. The first-order valence-electron chi connectivity index (χ1n) is 7.45. The van der Waals surface area contributed by atoms with Crippen molar-refractivity contribution in [3.8, 4) is 0 Å². The van der Waals surface area contributed by atoms with E-state index in [1.54, 1.807) is 23.7 Å². The van der Waals surface area contributed by atoms with E-state index in [0.29, 0.717) is 24.5 Å². The highest BCUT2D eigenvalue weighted by atomic mass is 32.2. The van der Waals surface area contributed by atoms with Crippen molar-refractivity contribution >= 4 is 10.0 Å². The highest BCUT2D eigenvalue weighted by molar-refractivity contribution is 7.89. The Bertz CT molecular complexity index is 560. The molecule has 120 valence electrons. The van der Waals surface area contributed by atoms with Crippen molar-refractivity contribution in [1.82, 2.24) is 8.87 Å². The van der Waals surface area contributed by atoms with Gasteiger partial charge in [-0.2, -0.15) is 4.31 Å². The van der Waals surface area contributed by atoms with Crippen LogP contribution in [-0.2, 0) is 27.8 Å². The van der Waals surface area contributed by atoms with Crippen molar-refractivity contribution in [2.45, 2.75) is 50.3 Å². The van der Waals surface area contributed by atoms with E-state index in [2.05, 4.69) is 6.92 Å². The lowest BCUT2D eigenvalue weighted by Crippen LogP contribution is -2.40. The van der Waals surface area contributed by atoms with Gasteiger partial charge in [0.25, 0.3) is 0 Å². The normalized spacial score (nSPS) is 18.2. The summed E-state index contributed by atoms with van der Waals surface area (Å²) in [4.78, 5) is 0.354. The molecule has 0 aliphatic carbocycles. The molecule has 0 bridgehead atoms. The summed E-state index contributed by atoms with van der Waals surface area (Å²) >= 11 is 0. The fourth-order valence-corrected chi connectivity index (χ4v) is 4.28. The standard InChI is InChI=1S/C14H25N3O3S/c1-3-6-16-11-14(9-12(16)10-15)21(18,19)17-7-4-13(20-2)5-8-17/h9,11,13H,3-8,10,15H2,1-2H3. The van der Waals surface area contributed by atoms with Crippen LogP contribution in [-0.4, -0.2) is 43.6 Å². The molecule has 1 aromatic heterocycles. The largest absolute Gasteiger partial charge is 0.381 e. The lowest BCUT2D eigenvalue weighted by Gasteiger charge is -2.30. The van der Waals surface area contributed by atoms with E-state index >= 15 is 0 Å². The van der Waals surface area contributed by atoms with Crippen molar-refractivity contribution in [3.05, 3.63) is 18.0 Å². The van der Waals surface area contributed by atoms with Crippen LogP contribution in [0.1, 0.15) is 31.9 Å². The third-order valence-corrected chi connectivity index (χ3v) is 5.87. The molecule has 0 saturated carbocycles. The first kappa shape index (κ1) is 16.5. The highest BCUT2D eigenvalue weighted by Gasteiger charge is 2.30. The molecule has 6 nitrogen and oxygen atoms in total. The van der Waals surface area contributed by atoms with Crippen LogP contribution >= 0.6 is 0 Å². The average molecular weight is 315 g/mol. The number of ether oxygens (including phenoxy) is 1. The Balaban J connectivity index is 2.20. The predicted octanol–water partition coefficient (Wildman–Crippen LogP) is 1.16. The molecule has 7 heteroatoms. The zero-order valence-corrected chi connectivity index (χ0v) is 13.6. The first-order chi connectivity index (χ1) is 10.0. The third kappa shape index (κ3) is 3.48. The second kappa shape index (κ2) is 6.91. The van der Waals surface area contributed by atoms with Gasteiger partial charge in [0.05, 0.1) is 6.10 Å². The third-order valence-electron chi connectivity index (χ3n) is 4.01. The number of rotatable bonds is 6. The van der Waals surface area contributed by atoms with Gasteiger partial charge in [-0.3, -0.25) is 0 Å². The molecule has 21 heavy (non-hydrogen) atoms. The topological polar surface area (TPSA) is 77.6 Å². The molecule has 1 aliphatic heterocycles. The van der Waals surface area contributed by atoms with Gasteiger partial charge < -0.3 is 15.0 Å². The van der Waals surface area contributed by atoms with E-state index in [1.165, 1.54) is 0 Å². The van der Waals surface area contributed by atoms with Crippen LogP contribution in [0.4, 0.5) is 0 Å². The van der Waals surface area contributed by atoms with Gasteiger partial charge in [-0.05, 0) is 25.3 Å². The van der Waals surface area contributed by atoms with Gasteiger partial charge in [-0.15, -0.1) is 0 Å². The Kier molecular flexibility index (Phi) is 5.43. The Labute approximate surface area is 126 Å². The van der Waals surface area contributed by atoms with E-state index in [4.69, 9.17) is 10.5 Å². The molecule has 1 aromatic rings. The summed E-state index contributed by atoms with van der Waals surface area (Å²) in [6, 6.07) is 1.70. The molecule has 0 atom stereocenters. The molecule has 1 fully saturated rings. The maximum Gasteiger partial charge on any atom is 0.244 e. The van der Waals surface area contributed by atoms with Gasteiger partial charge in [0.1, 0.15) is 4.90 Å². The summed E-state index contributed by atoms with van der Waals surface area (Å²) in [5.74, 6) is 0. The Morgan fingerprint density at radius 1 is 1.38 bits per heavy atom. The van der Waals surface area contributed by atoms with Gasteiger partial charge in [-0.1, -0.05) is 6.92 Å². The molecule has 1 aliphatic rings. The molecule has 2 rings (SSSR count). The maximum atomic E-state index is 12.7. The monoisotopic (exact) mass is 315 g/mol. The van der Waals surface area contributed by atoms with E-state index in [0.717, 1.165) is 31.5 Å². The number of sulfonamides is 1. The predicted molar refractivity (Wildman–Crippen MR) is 81.4 cm³/mol. The number of nitrogens with two attached hydrogens (primary N) is 1. The van der Waals surface area contributed by atoms with E-state index in [9.17, 15) is 8.42 Å². The number of hydrogen-bond donors (Lipinski definition) is 1. The molecule has 2 heterocycles. The van der Waals surface area contributed by atoms with Gasteiger partial charge in [0, 0.05) is 45.2 Å². The maximum absolute atomic E-state index is 12.7. The van der Waals surface area contributed by atoms with Gasteiger partial charge in [0.2, 0.25) is 10.0 Å². The van der Waals surface area contributed by atoms with Gasteiger partial charge >= 0.3 is 0 Å². The number of nitrogens with zero attached hydrogens (tertiary/aromatic N) is 2. The summed E-state index contributed by atoms with van der Waals surface area (Å²) in [5, 5.41) is 0. The van der Waals surface area contributed by atoms with Crippen LogP contribution in [0.15, 0.2) is 17.2 Å². The van der Waals surface area contributed by atoms with Crippen LogP contribution < -0.4 is 5.73 Å². The lowest BCUT2D eigenvalue weighted by molar-refractivity contribution is 0.0604. The SMILES string of the molecule is CCCn1cc(S(=O)(=O)N2CCC(OC)CC2)cc1CN. The first-order valence-corrected chi connectivity index (χ1v) is 8.89. The van der Waals surface area contributed by atoms with Crippen molar-refractivity contribution < 1.29 is 13.2 Å². The van der Waals surface area contributed by atoms with Crippen LogP contribution in [0, 0.1) is 0 Å². The fraction of sp³-hybridized carbons (Fsp3) is 0.714. The van der Waals surface area contributed by atoms with Gasteiger partial charge in [-0.25, -0.2) is 8.42 Å². The Morgan fingerprint density at radius 2 is 2.05 bits per heavy atom. The minimum Gasteiger partial charge on any atom is -0.381 e. The number of methoxy groups -OCH3 is 1. The molecule has 0 amide bonds. The summed E-state index contributed by atoms with van der Waals surface area (Å²) < 4.78 is 34.2. The molecule has 0 unspecified atom stereocenters. The van der Waals surface area contributed by atoms with E-state index in [-0.39, 0.29) is 6.10 Å². The second-order valence-corrected chi connectivity index (χ2v) is 7.34. The molecular weight excluding hydrogens is 290 g/mol. The molecule has 2 N–H and O–H groups in total. The van der Waals surface area contributed by atoms with Crippen molar-refractivity contribution in [2.24, 2.45) is 5.73 Å². The van der Waals surface area contributed by atoms with Crippen LogP contribution in [0.2, 0.25) is 0 Å². The van der Waals surface area contributed by atoms with Gasteiger partial charge in [0.15, 0.2) is 0 Å². The fourth-order valence-electron chi connectivity index (χ4n) is 2.74. The molecule has 0 aromatic carbocycles. The van der Waals surface area contributed by atoms with Crippen molar-refractivity contribution in [1.29, 1.82) is 0 Å². The second-order valence-electron chi connectivity index (χ2n) is 5.40. The molecule has 0 radical (unpaired) electrons. The molecule has 1 saturated heterocycles. The number of aryl methyl sites for hydroxylation is 1. The lowest BCUT2D eigenvalue weighted by atomic mass is 10.1. The summed E-state index contributed by atoms with van der Waals surface area (Å²) in [7, 11) is -1.75.